The number of carbonyl (C=O) groups is 1. The van der Waals surface area contributed by atoms with Crippen LogP contribution in [0.15, 0.2) is 36.4 Å². The Labute approximate surface area is 167 Å². The second-order valence-corrected chi connectivity index (χ2v) is 6.24. The number of hydrazine groups is 2. The van der Waals surface area contributed by atoms with Crippen LogP contribution in [-0.4, -0.2) is 31.9 Å². The fraction of sp³-hybridized carbons (Fsp3) is 0.316. The molecule has 0 aliphatic carbocycles. The number of hydrogen-bond donors (Lipinski definition) is 2. The van der Waals surface area contributed by atoms with E-state index in [9.17, 15) is 18.0 Å². The summed E-state index contributed by atoms with van der Waals surface area (Å²) >= 11 is 0. The average Bonchev–Trinajstić information content (AvgIpc) is 2.60. The van der Waals surface area contributed by atoms with Gasteiger partial charge in [-0.1, -0.05) is 23.8 Å². The maximum absolute atomic E-state index is 12.6. The lowest BCUT2D eigenvalue weighted by Gasteiger charge is -2.21. The highest BCUT2D eigenvalue weighted by molar-refractivity contribution is 5.58. The number of carbonyl (C=O) groups excluding carboxylic acids is 1. The van der Waals surface area contributed by atoms with E-state index in [1.807, 2.05) is 26.0 Å². The van der Waals surface area contributed by atoms with Crippen molar-refractivity contribution in [1.29, 1.82) is 0 Å². The molecular formula is C19H25F3N4O3. The zero-order chi connectivity index (χ0) is 22.2. The molecule has 2 aromatic carbocycles. The van der Waals surface area contributed by atoms with Gasteiger partial charge in [-0.05, 0) is 37.6 Å². The molecule has 0 saturated carbocycles. The van der Waals surface area contributed by atoms with E-state index >= 15 is 0 Å². The van der Waals surface area contributed by atoms with E-state index in [0.29, 0.717) is 17.8 Å². The molecule has 4 N–H and O–H groups in total. The first-order valence-corrected chi connectivity index (χ1v) is 8.43. The molecule has 2 rings (SSSR count). The molecule has 0 aromatic heterocycles. The van der Waals surface area contributed by atoms with Gasteiger partial charge in [0.1, 0.15) is 18.1 Å². The lowest BCUT2D eigenvalue weighted by molar-refractivity contribution is -0.275. The Balaban J connectivity index is 0.000000749. The first-order valence-electron chi connectivity index (χ1n) is 8.43. The molecule has 0 radical (unpaired) electrons. The van der Waals surface area contributed by atoms with Crippen molar-refractivity contribution in [1.82, 2.24) is 5.01 Å². The summed E-state index contributed by atoms with van der Waals surface area (Å²) in [5.74, 6) is 10.7. The standard InChI is InChI=1S/C17H19F3N2O2.C2H6N2O/c1-11-7-8-15(12(2)9-11)23-10-13-14(22(3)21)5-4-6-16(13)24-17(18,19)20;1-4(3)2-5/h4-9H,10,21H2,1-3H3;2H,3H2,1H3. The van der Waals surface area contributed by atoms with Crippen LogP contribution in [0.5, 0.6) is 11.5 Å². The van der Waals surface area contributed by atoms with E-state index in [-0.39, 0.29) is 17.9 Å². The number of benzene rings is 2. The Bertz CT molecular complexity index is 812. The number of alkyl halides is 3. The van der Waals surface area contributed by atoms with Crippen LogP contribution < -0.4 is 26.2 Å². The summed E-state index contributed by atoms with van der Waals surface area (Å²) in [5.41, 5.74) is 2.58. The number of nitrogens with two attached hydrogens (primary N) is 2. The lowest BCUT2D eigenvalue weighted by atomic mass is 10.1. The summed E-state index contributed by atoms with van der Waals surface area (Å²) in [7, 11) is 3.00. The minimum Gasteiger partial charge on any atom is -0.488 e. The maximum Gasteiger partial charge on any atom is 0.573 e. The Morgan fingerprint density at radius 3 is 2.17 bits per heavy atom. The second kappa shape index (κ2) is 10.5. The van der Waals surface area contributed by atoms with Gasteiger partial charge in [0.05, 0.1) is 11.3 Å². The monoisotopic (exact) mass is 414 g/mol. The van der Waals surface area contributed by atoms with Gasteiger partial charge >= 0.3 is 6.36 Å². The number of halogens is 3. The molecule has 0 bridgehead atoms. The molecule has 0 heterocycles. The Kier molecular flexibility index (Phi) is 8.74. The van der Waals surface area contributed by atoms with Crippen LogP contribution in [0.3, 0.4) is 0 Å². The van der Waals surface area contributed by atoms with Gasteiger partial charge in [-0.15, -0.1) is 13.2 Å². The highest BCUT2D eigenvalue weighted by atomic mass is 19.4. The summed E-state index contributed by atoms with van der Waals surface area (Å²) in [4.78, 5) is 9.31. The van der Waals surface area contributed by atoms with Gasteiger partial charge in [0, 0.05) is 14.1 Å². The molecule has 0 saturated heterocycles. The molecule has 0 spiro atoms. The predicted molar refractivity (Wildman–Crippen MR) is 104 cm³/mol. The predicted octanol–water partition coefficient (Wildman–Crippen LogP) is 3.04. The minimum atomic E-state index is -4.79. The van der Waals surface area contributed by atoms with E-state index in [1.54, 1.807) is 12.1 Å². The van der Waals surface area contributed by atoms with Gasteiger partial charge in [-0.2, -0.15) is 0 Å². The van der Waals surface area contributed by atoms with Gasteiger partial charge in [0.2, 0.25) is 6.41 Å². The molecule has 1 amide bonds. The number of amides is 1. The fourth-order valence-corrected chi connectivity index (χ4v) is 2.36. The summed E-state index contributed by atoms with van der Waals surface area (Å²) < 4.78 is 47.6. The van der Waals surface area contributed by atoms with Crippen molar-refractivity contribution < 1.29 is 27.4 Å². The second-order valence-electron chi connectivity index (χ2n) is 6.24. The third-order valence-corrected chi connectivity index (χ3v) is 3.58. The van der Waals surface area contributed by atoms with Gasteiger partial charge in [0.25, 0.3) is 0 Å². The van der Waals surface area contributed by atoms with Crippen molar-refractivity contribution in [2.24, 2.45) is 11.7 Å². The number of rotatable bonds is 6. The van der Waals surface area contributed by atoms with Gasteiger partial charge in [0.15, 0.2) is 0 Å². The normalized spacial score (nSPS) is 10.5. The van der Waals surface area contributed by atoms with Crippen LogP contribution in [0, 0.1) is 13.8 Å². The summed E-state index contributed by atoms with van der Waals surface area (Å²) in [5, 5.41) is 2.17. The molecule has 0 fully saturated rings. The highest BCUT2D eigenvalue weighted by Gasteiger charge is 2.32. The van der Waals surface area contributed by atoms with Crippen molar-refractivity contribution in [3.05, 3.63) is 53.1 Å². The molecule has 160 valence electrons. The zero-order valence-electron chi connectivity index (χ0n) is 16.7. The molecule has 0 aliphatic rings. The van der Waals surface area contributed by atoms with E-state index < -0.39 is 6.36 Å². The summed E-state index contributed by atoms with van der Waals surface area (Å²) in [6.07, 6.45) is -4.26. The van der Waals surface area contributed by atoms with E-state index in [2.05, 4.69) is 4.74 Å². The highest BCUT2D eigenvalue weighted by Crippen LogP contribution is 2.33. The van der Waals surface area contributed by atoms with Crippen LogP contribution in [0.4, 0.5) is 18.9 Å². The first-order chi connectivity index (χ1) is 13.4. The van der Waals surface area contributed by atoms with E-state index in [4.69, 9.17) is 16.4 Å². The number of anilines is 1. The smallest absolute Gasteiger partial charge is 0.488 e. The molecule has 0 atom stereocenters. The van der Waals surface area contributed by atoms with Crippen molar-refractivity contribution in [3.63, 3.8) is 0 Å². The number of aryl methyl sites for hydroxylation is 2. The maximum atomic E-state index is 12.6. The van der Waals surface area contributed by atoms with Crippen molar-refractivity contribution >= 4 is 12.1 Å². The molecule has 7 nitrogen and oxygen atoms in total. The summed E-state index contributed by atoms with van der Waals surface area (Å²) in [6, 6.07) is 9.87. The number of hydrogen-bond acceptors (Lipinski definition) is 6. The topological polar surface area (TPSA) is 94.0 Å². The number of ether oxygens (including phenoxy) is 2. The summed E-state index contributed by atoms with van der Waals surface area (Å²) in [6.45, 7) is 3.72. The molecule has 0 aliphatic heterocycles. The van der Waals surface area contributed by atoms with Gasteiger partial charge in [-0.25, -0.2) is 11.7 Å². The van der Waals surface area contributed by atoms with Gasteiger partial charge < -0.3 is 14.5 Å². The van der Waals surface area contributed by atoms with Crippen LogP contribution in [-0.2, 0) is 11.4 Å². The van der Waals surface area contributed by atoms with Gasteiger partial charge in [-0.3, -0.25) is 9.80 Å². The van der Waals surface area contributed by atoms with Crippen LogP contribution in [0.2, 0.25) is 0 Å². The third kappa shape index (κ3) is 8.28. The number of nitrogens with zero attached hydrogens (tertiary/aromatic N) is 2. The Hall–Kier alpha value is -2.98. The first kappa shape index (κ1) is 24.1. The van der Waals surface area contributed by atoms with Crippen LogP contribution >= 0.6 is 0 Å². The lowest BCUT2D eigenvalue weighted by Crippen LogP contribution is -2.27. The average molecular weight is 414 g/mol. The third-order valence-electron chi connectivity index (χ3n) is 3.58. The zero-order valence-corrected chi connectivity index (χ0v) is 16.7. The molecule has 29 heavy (non-hydrogen) atoms. The van der Waals surface area contributed by atoms with Crippen LogP contribution in [0.1, 0.15) is 16.7 Å². The van der Waals surface area contributed by atoms with Crippen LogP contribution in [0.25, 0.3) is 0 Å². The van der Waals surface area contributed by atoms with Crippen molar-refractivity contribution in [2.75, 3.05) is 19.1 Å². The Morgan fingerprint density at radius 2 is 1.69 bits per heavy atom. The van der Waals surface area contributed by atoms with Crippen molar-refractivity contribution in [2.45, 2.75) is 26.8 Å². The molecule has 0 unspecified atom stereocenters. The van der Waals surface area contributed by atoms with E-state index in [0.717, 1.165) is 16.1 Å². The SMILES string of the molecule is CN(N)C=O.Cc1ccc(OCc2c(OC(F)(F)F)cccc2N(C)N)c(C)c1. The molecular weight excluding hydrogens is 389 g/mol. The fourth-order valence-electron chi connectivity index (χ4n) is 2.36. The molecule has 10 heteroatoms. The minimum absolute atomic E-state index is 0.104. The van der Waals surface area contributed by atoms with E-state index in [1.165, 1.54) is 31.2 Å². The Morgan fingerprint density at radius 1 is 1.07 bits per heavy atom. The quantitative estimate of drug-likeness (QED) is 0.327. The molecule has 2 aromatic rings. The largest absolute Gasteiger partial charge is 0.573 e. The van der Waals surface area contributed by atoms with Crippen molar-refractivity contribution in [3.8, 4) is 11.5 Å².